The lowest BCUT2D eigenvalue weighted by molar-refractivity contribution is -0.00799. The van der Waals surface area contributed by atoms with Crippen molar-refractivity contribution in [3.8, 4) is 0 Å². The van der Waals surface area contributed by atoms with Crippen LogP contribution in [0.3, 0.4) is 0 Å². The van der Waals surface area contributed by atoms with E-state index in [1.807, 2.05) is 37.3 Å². The monoisotopic (exact) mass is 224 g/mol. The zero-order valence-electron chi connectivity index (χ0n) is 9.67. The van der Waals surface area contributed by atoms with Gasteiger partial charge in [0.25, 0.3) is 0 Å². The molecular weight excluding hydrogens is 204 g/mol. The summed E-state index contributed by atoms with van der Waals surface area (Å²) in [5, 5.41) is 18.8. The van der Waals surface area contributed by atoms with Gasteiger partial charge < -0.3 is 14.9 Å². The third-order valence-electron chi connectivity index (χ3n) is 2.53. The SMILES string of the molecule is CCC(O)C(O)CCOCc1ccccc1. The summed E-state index contributed by atoms with van der Waals surface area (Å²) in [4.78, 5) is 0. The van der Waals surface area contributed by atoms with Gasteiger partial charge in [-0.3, -0.25) is 0 Å². The summed E-state index contributed by atoms with van der Waals surface area (Å²) in [5.74, 6) is 0. The Morgan fingerprint density at radius 1 is 1.12 bits per heavy atom. The van der Waals surface area contributed by atoms with Crippen LogP contribution in [0.25, 0.3) is 0 Å². The summed E-state index contributed by atoms with van der Waals surface area (Å²) in [6.07, 6.45) is -0.275. The van der Waals surface area contributed by atoms with Crippen molar-refractivity contribution in [2.24, 2.45) is 0 Å². The van der Waals surface area contributed by atoms with E-state index in [1.54, 1.807) is 0 Å². The first-order valence-corrected chi connectivity index (χ1v) is 5.71. The van der Waals surface area contributed by atoms with Crippen molar-refractivity contribution in [3.63, 3.8) is 0 Å². The van der Waals surface area contributed by atoms with Gasteiger partial charge in [-0.25, -0.2) is 0 Å². The molecule has 1 rings (SSSR count). The van der Waals surface area contributed by atoms with Gasteiger partial charge in [0, 0.05) is 6.61 Å². The average Bonchev–Trinajstić information content (AvgIpc) is 2.34. The number of hydrogen-bond donors (Lipinski definition) is 2. The van der Waals surface area contributed by atoms with Gasteiger partial charge in [-0.05, 0) is 18.4 Å². The van der Waals surface area contributed by atoms with Crippen LogP contribution in [0.5, 0.6) is 0 Å². The van der Waals surface area contributed by atoms with Gasteiger partial charge in [-0.15, -0.1) is 0 Å². The van der Waals surface area contributed by atoms with E-state index >= 15 is 0 Å². The lowest BCUT2D eigenvalue weighted by Crippen LogP contribution is -2.26. The molecule has 0 spiro atoms. The quantitative estimate of drug-likeness (QED) is 0.693. The highest BCUT2D eigenvalue weighted by Crippen LogP contribution is 2.05. The molecule has 1 aromatic carbocycles. The molecule has 16 heavy (non-hydrogen) atoms. The minimum Gasteiger partial charge on any atom is -0.390 e. The molecule has 0 saturated carbocycles. The third-order valence-corrected chi connectivity index (χ3v) is 2.53. The highest BCUT2D eigenvalue weighted by molar-refractivity contribution is 5.13. The lowest BCUT2D eigenvalue weighted by atomic mass is 10.1. The molecule has 1 aromatic rings. The van der Waals surface area contributed by atoms with Crippen LogP contribution in [0.15, 0.2) is 30.3 Å². The molecule has 3 nitrogen and oxygen atoms in total. The van der Waals surface area contributed by atoms with Gasteiger partial charge in [0.15, 0.2) is 0 Å². The van der Waals surface area contributed by atoms with E-state index in [9.17, 15) is 10.2 Å². The number of benzene rings is 1. The standard InChI is InChI=1S/C13H20O3/c1-2-12(14)13(15)8-9-16-10-11-6-4-3-5-7-11/h3-7,12-15H,2,8-10H2,1H3. The van der Waals surface area contributed by atoms with Crippen molar-refractivity contribution >= 4 is 0 Å². The number of aliphatic hydroxyl groups excluding tert-OH is 2. The highest BCUT2D eigenvalue weighted by atomic mass is 16.5. The molecular formula is C13H20O3. The zero-order chi connectivity index (χ0) is 11.8. The Hall–Kier alpha value is -0.900. The molecule has 0 saturated heterocycles. The molecule has 0 aliphatic carbocycles. The number of ether oxygens (including phenoxy) is 1. The van der Waals surface area contributed by atoms with Crippen LogP contribution in [0, 0.1) is 0 Å². The van der Waals surface area contributed by atoms with Crippen LogP contribution < -0.4 is 0 Å². The Bertz CT molecular complexity index is 274. The van der Waals surface area contributed by atoms with Crippen molar-refractivity contribution in [2.45, 2.75) is 38.6 Å². The molecule has 0 heterocycles. The first-order chi connectivity index (χ1) is 7.74. The Morgan fingerprint density at radius 3 is 2.44 bits per heavy atom. The summed E-state index contributed by atoms with van der Waals surface area (Å²) in [6.45, 7) is 2.86. The van der Waals surface area contributed by atoms with Gasteiger partial charge >= 0.3 is 0 Å². The van der Waals surface area contributed by atoms with Crippen LogP contribution in [0.4, 0.5) is 0 Å². The van der Waals surface area contributed by atoms with E-state index in [2.05, 4.69) is 0 Å². The van der Waals surface area contributed by atoms with Gasteiger partial charge in [-0.2, -0.15) is 0 Å². The molecule has 90 valence electrons. The van der Waals surface area contributed by atoms with Crippen molar-refractivity contribution in [2.75, 3.05) is 6.61 Å². The van der Waals surface area contributed by atoms with E-state index in [0.29, 0.717) is 26.1 Å². The fourth-order valence-electron chi connectivity index (χ4n) is 1.43. The Labute approximate surface area is 96.7 Å². The fraction of sp³-hybridized carbons (Fsp3) is 0.538. The molecule has 0 aliphatic heterocycles. The number of hydrogen-bond acceptors (Lipinski definition) is 3. The highest BCUT2D eigenvalue weighted by Gasteiger charge is 2.13. The number of rotatable bonds is 7. The Kier molecular flexibility index (Phi) is 6.08. The predicted molar refractivity (Wildman–Crippen MR) is 63.0 cm³/mol. The summed E-state index contributed by atoms with van der Waals surface area (Å²) in [7, 11) is 0. The maximum absolute atomic E-state index is 9.48. The molecule has 0 aromatic heterocycles. The van der Waals surface area contributed by atoms with E-state index in [0.717, 1.165) is 5.56 Å². The largest absolute Gasteiger partial charge is 0.390 e. The van der Waals surface area contributed by atoms with Gasteiger partial charge in [0.2, 0.25) is 0 Å². The van der Waals surface area contributed by atoms with E-state index in [-0.39, 0.29) is 0 Å². The second-order valence-electron chi connectivity index (χ2n) is 3.87. The molecule has 0 amide bonds. The van der Waals surface area contributed by atoms with E-state index in [1.165, 1.54) is 0 Å². The van der Waals surface area contributed by atoms with Crippen LogP contribution in [-0.4, -0.2) is 29.0 Å². The molecule has 2 atom stereocenters. The minimum atomic E-state index is -0.680. The maximum Gasteiger partial charge on any atom is 0.0820 e. The zero-order valence-corrected chi connectivity index (χ0v) is 9.67. The normalized spacial score (nSPS) is 14.7. The summed E-state index contributed by atoms with van der Waals surface area (Å²) < 4.78 is 5.41. The second kappa shape index (κ2) is 7.39. The van der Waals surface area contributed by atoms with Crippen molar-refractivity contribution in [1.82, 2.24) is 0 Å². The first kappa shape index (κ1) is 13.2. The van der Waals surface area contributed by atoms with Gasteiger partial charge in [0.05, 0.1) is 18.8 Å². The van der Waals surface area contributed by atoms with E-state index in [4.69, 9.17) is 4.74 Å². The van der Waals surface area contributed by atoms with Gasteiger partial charge in [-0.1, -0.05) is 37.3 Å². The molecule has 2 N–H and O–H groups in total. The molecule has 3 heteroatoms. The van der Waals surface area contributed by atoms with E-state index < -0.39 is 12.2 Å². The predicted octanol–water partition coefficient (Wildman–Crippen LogP) is 1.73. The first-order valence-electron chi connectivity index (χ1n) is 5.71. The van der Waals surface area contributed by atoms with Crippen molar-refractivity contribution in [3.05, 3.63) is 35.9 Å². The van der Waals surface area contributed by atoms with Crippen LogP contribution in [-0.2, 0) is 11.3 Å². The average molecular weight is 224 g/mol. The minimum absolute atomic E-state index is 0.465. The molecule has 2 unspecified atom stereocenters. The van der Waals surface area contributed by atoms with Crippen molar-refractivity contribution in [1.29, 1.82) is 0 Å². The van der Waals surface area contributed by atoms with Crippen molar-refractivity contribution < 1.29 is 14.9 Å². The van der Waals surface area contributed by atoms with Crippen LogP contribution in [0.2, 0.25) is 0 Å². The summed E-state index contributed by atoms with van der Waals surface area (Å²) in [5.41, 5.74) is 1.12. The Balaban J connectivity index is 2.13. The Morgan fingerprint density at radius 2 is 1.81 bits per heavy atom. The summed E-state index contributed by atoms with van der Waals surface area (Å²) in [6, 6.07) is 9.89. The summed E-state index contributed by atoms with van der Waals surface area (Å²) >= 11 is 0. The molecule has 0 bridgehead atoms. The van der Waals surface area contributed by atoms with Crippen LogP contribution in [0.1, 0.15) is 25.3 Å². The topological polar surface area (TPSA) is 49.7 Å². The number of aliphatic hydroxyl groups is 2. The second-order valence-corrected chi connectivity index (χ2v) is 3.87. The smallest absolute Gasteiger partial charge is 0.0820 e. The molecule has 0 radical (unpaired) electrons. The van der Waals surface area contributed by atoms with Gasteiger partial charge in [0.1, 0.15) is 0 Å². The fourth-order valence-corrected chi connectivity index (χ4v) is 1.43. The van der Waals surface area contributed by atoms with Crippen LogP contribution >= 0.6 is 0 Å². The molecule has 0 aliphatic rings. The third kappa shape index (κ3) is 4.75. The lowest BCUT2D eigenvalue weighted by Gasteiger charge is -2.15. The molecule has 0 fully saturated rings. The maximum atomic E-state index is 9.48.